The molecule has 7 nitrogen and oxygen atoms in total. The quantitative estimate of drug-likeness (QED) is 0.572. The van der Waals surface area contributed by atoms with E-state index in [2.05, 4.69) is 20.5 Å². The average Bonchev–Trinajstić information content (AvgIpc) is 2.76. The maximum Gasteiger partial charge on any atom is 0.323 e. The number of anilines is 3. The monoisotopic (exact) mass is 441 g/mol. The summed E-state index contributed by atoms with van der Waals surface area (Å²) in [5.41, 5.74) is 2.55. The Morgan fingerprint density at radius 3 is 2.48 bits per heavy atom. The SMILES string of the molecule is Cc1c(Cl)nc(-c2ccc(NC(=O)Nc3cccc(F)c3)cc2)nc1N1CCOCC1. The van der Waals surface area contributed by atoms with E-state index in [1.165, 1.54) is 18.2 Å². The molecule has 0 saturated carbocycles. The number of hydrogen-bond acceptors (Lipinski definition) is 5. The lowest BCUT2D eigenvalue weighted by atomic mass is 10.2. The Morgan fingerprint density at radius 2 is 1.77 bits per heavy atom. The third kappa shape index (κ3) is 5.10. The van der Waals surface area contributed by atoms with Gasteiger partial charge < -0.3 is 20.3 Å². The Morgan fingerprint density at radius 1 is 1.06 bits per heavy atom. The number of hydrogen-bond donors (Lipinski definition) is 2. The normalized spacial score (nSPS) is 13.7. The van der Waals surface area contributed by atoms with Crippen molar-refractivity contribution in [1.29, 1.82) is 0 Å². The highest BCUT2D eigenvalue weighted by Crippen LogP contribution is 2.28. The number of carbonyl (C=O) groups excluding carboxylic acids is 1. The van der Waals surface area contributed by atoms with Gasteiger partial charge in [-0.15, -0.1) is 0 Å². The number of aromatic nitrogens is 2. The van der Waals surface area contributed by atoms with Crippen LogP contribution < -0.4 is 15.5 Å². The zero-order valence-electron chi connectivity index (χ0n) is 16.9. The summed E-state index contributed by atoms with van der Waals surface area (Å²) >= 11 is 6.38. The van der Waals surface area contributed by atoms with Crippen molar-refractivity contribution >= 4 is 34.8 Å². The van der Waals surface area contributed by atoms with Crippen molar-refractivity contribution in [2.45, 2.75) is 6.92 Å². The van der Waals surface area contributed by atoms with Crippen molar-refractivity contribution in [2.24, 2.45) is 0 Å². The van der Waals surface area contributed by atoms with E-state index in [4.69, 9.17) is 21.3 Å². The van der Waals surface area contributed by atoms with E-state index in [1.807, 2.05) is 19.1 Å². The molecule has 0 radical (unpaired) electrons. The highest BCUT2D eigenvalue weighted by Gasteiger charge is 2.19. The fourth-order valence-electron chi connectivity index (χ4n) is 3.25. The van der Waals surface area contributed by atoms with Gasteiger partial charge in [0.2, 0.25) is 0 Å². The Kier molecular flexibility index (Phi) is 6.29. The largest absolute Gasteiger partial charge is 0.378 e. The van der Waals surface area contributed by atoms with Crippen LogP contribution in [0.15, 0.2) is 48.5 Å². The van der Waals surface area contributed by atoms with Gasteiger partial charge in [0.15, 0.2) is 5.82 Å². The summed E-state index contributed by atoms with van der Waals surface area (Å²) < 4.78 is 18.7. The van der Waals surface area contributed by atoms with Gasteiger partial charge in [0.05, 0.1) is 13.2 Å². The molecule has 0 aliphatic carbocycles. The van der Waals surface area contributed by atoms with Crippen molar-refractivity contribution in [3.8, 4) is 11.4 Å². The summed E-state index contributed by atoms with van der Waals surface area (Å²) in [6, 6.07) is 12.3. The average molecular weight is 442 g/mol. The predicted molar refractivity (Wildman–Crippen MR) is 119 cm³/mol. The van der Waals surface area contributed by atoms with Crippen LogP contribution in [0.25, 0.3) is 11.4 Å². The molecule has 0 unspecified atom stereocenters. The van der Waals surface area contributed by atoms with Crippen LogP contribution in [0.1, 0.15) is 5.56 Å². The van der Waals surface area contributed by atoms with Crippen molar-refractivity contribution in [2.75, 3.05) is 41.8 Å². The molecule has 1 fully saturated rings. The van der Waals surface area contributed by atoms with Crippen molar-refractivity contribution in [3.63, 3.8) is 0 Å². The van der Waals surface area contributed by atoms with E-state index in [0.29, 0.717) is 35.6 Å². The summed E-state index contributed by atoms with van der Waals surface area (Å²) in [7, 11) is 0. The van der Waals surface area contributed by atoms with Crippen LogP contribution >= 0.6 is 11.6 Å². The molecule has 2 aromatic carbocycles. The molecule has 1 aliphatic rings. The number of urea groups is 1. The lowest BCUT2D eigenvalue weighted by molar-refractivity contribution is 0.122. The van der Waals surface area contributed by atoms with Crippen LogP contribution in [-0.4, -0.2) is 42.3 Å². The Balaban J connectivity index is 1.48. The third-order valence-electron chi connectivity index (χ3n) is 4.85. The fraction of sp³-hybridized carbons (Fsp3) is 0.227. The van der Waals surface area contributed by atoms with E-state index in [-0.39, 0.29) is 0 Å². The second-order valence-electron chi connectivity index (χ2n) is 7.05. The number of benzene rings is 2. The first-order valence-electron chi connectivity index (χ1n) is 9.80. The van der Waals surface area contributed by atoms with E-state index < -0.39 is 11.8 Å². The Hall–Kier alpha value is -3.23. The van der Waals surface area contributed by atoms with E-state index in [0.717, 1.165) is 30.0 Å². The highest BCUT2D eigenvalue weighted by atomic mass is 35.5. The van der Waals surface area contributed by atoms with E-state index >= 15 is 0 Å². The van der Waals surface area contributed by atoms with Crippen LogP contribution in [0.2, 0.25) is 5.15 Å². The third-order valence-corrected chi connectivity index (χ3v) is 5.22. The van der Waals surface area contributed by atoms with Crippen LogP contribution in [0.4, 0.5) is 26.4 Å². The summed E-state index contributed by atoms with van der Waals surface area (Å²) in [4.78, 5) is 23.4. The number of morpholine rings is 1. The van der Waals surface area contributed by atoms with Gasteiger partial charge in [0, 0.05) is 35.6 Å². The summed E-state index contributed by atoms with van der Waals surface area (Å²) in [5.74, 6) is 0.887. The minimum absolute atomic E-state index is 0.368. The summed E-state index contributed by atoms with van der Waals surface area (Å²) in [6.07, 6.45) is 0. The molecule has 0 atom stereocenters. The van der Waals surface area contributed by atoms with Gasteiger partial charge in [-0.05, 0) is 49.4 Å². The molecule has 2 heterocycles. The molecule has 9 heteroatoms. The van der Waals surface area contributed by atoms with Crippen molar-refractivity contribution in [3.05, 3.63) is 65.1 Å². The number of amides is 2. The number of ether oxygens (including phenoxy) is 1. The van der Waals surface area contributed by atoms with Crippen LogP contribution in [0.5, 0.6) is 0 Å². The molecule has 2 amide bonds. The lowest BCUT2D eigenvalue weighted by Gasteiger charge is -2.29. The van der Waals surface area contributed by atoms with Gasteiger partial charge in [-0.25, -0.2) is 19.2 Å². The maximum atomic E-state index is 13.2. The number of nitrogens with zero attached hydrogens (tertiary/aromatic N) is 3. The van der Waals surface area contributed by atoms with Gasteiger partial charge in [0.1, 0.15) is 16.8 Å². The standard InChI is InChI=1S/C22H21ClFN5O2/c1-14-19(23)27-20(28-21(14)29-9-11-31-12-10-29)15-5-7-17(8-6-15)25-22(30)26-18-4-2-3-16(24)13-18/h2-8,13H,9-12H2,1H3,(H2,25,26,30). The van der Waals surface area contributed by atoms with Gasteiger partial charge >= 0.3 is 6.03 Å². The molecule has 160 valence electrons. The predicted octanol–water partition coefficient (Wildman–Crippen LogP) is 4.73. The number of rotatable bonds is 4. The first-order valence-corrected chi connectivity index (χ1v) is 10.2. The van der Waals surface area contributed by atoms with Gasteiger partial charge in [-0.3, -0.25) is 0 Å². The molecule has 2 N–H and O–H groups in total. The van der Waals surface area contributed by atoms with E-state index in [1.54, 1.807) is 18.2 Å². The maximum absolute atomic E-state index is 13.2. The second kappa shape index (κ2) is 9.28. The summed E-state index contributed by atoms with van der Waals surface area (Å²) in [6.45, 7) is 4.69. The minimum Gasteiger partial charge on any atom is -0.378 e. The molecule has 31 heavy (non-hydrogen) atoms. The summed E-state index contributed by atoms with van der Waals surface area (Å²) in [5, 5.41) is 5.70. The first kappa shape index (κ1) is 21.0. The molecule has 1 saturated heterocycles. The van der Waals surface area contributed by atoms with Crippen molar-refractivity contribution in [1.82, 2.24) is 9.97 Å². The minimum atomic E-state index is -0.470. The van der Waals surface area contributed by atoms with E-state index in [9.17, 15) is 9.18 Å². The number of halogens is 2. The topological polar surface area (TPSA) is 79.4 Å². The smallest absolute Gasteiger partial charge is 0.323 e. The molecule has 1 aliphatic heterocycles. The molecule has 3 aromatic rings. The highest BCUT2D eigenvalue weighted by molar-refractivity contribution is 6.30. The van der Waals surface area contributed by atoms with Gasteiger partial charge in [0.25, 0.3) is 0 Å². The van der Waals surface area contributed by atoms with Gasteiger partial charge in [-0.2, -0.15) is 0 Å². The van der Waals surface area contributed by atoms with Crippen LogP contribution in [0, 0.1) is 12.7 Å². The second-order valence-corrected chi connectivity index (χ2v) is 7.41. The zero-order chi connectivity index (χ0) is 21.8. The number of nitrogens with one attached hydrogen (secondary N) is 2. The van der Waals surface area contributed by atoms with Crippen LogP contribution in [-0.2, 0) is 4.74 Å². The zero-order valence-corrected chi connectivity index (χ0v) is 17.6. The number of carbonyl (C=O) groups is 1. The lowest BCUT2D eigenvalue weighted by Crippen LogP contribution is -2.37. The fourth-order valence-corrected chi connectivity index (χ4v) is 3.42. The Bertz CT molecular complexity index is 1090. The molecule has 0 bridgehead atoms. The molecular weight excluding hydrogens is 421 g/mol. The molecule has 0 spiro atoms. The molecular formula is C22H21ClFN5O2. The van der Waals surface area contributed by atoms with Gasteiger partial charge in [-0.1, -0.05) is 17.7 Å². The van der Waals surface area contributed by atoms with Crippen molar-refractivity contribution < 1.29 is 13.9 Å². The first-order chi connectivity index (χ1) is 15.0. The molecule has 4 rings (SSSR count). The Labute approximate surface area is 184 Å². The molecule has 1 aromatic heterocycles. The van der Waals surface area contributed by atoms with Crippen LogP contribution in [0.3, 0.4) is 0 Å².